The van der Waals surface area contributed by atoms with E-state index >= 15 is 0 Å². The highest BCUT2D eigenvalue weighted by molar-refractivity contribution is 5.87. The van der Waals surface area contributed by atoms with Crippen LogP contribution in [-0.4, -0.2) is 15.6 Å². The molecule has 4 nitrogen and oxygen atoms in total. The van der Waals surface area contributed by atoms with Gasteiger partial charge in [0.05, 0.1) is 5.56 Å². The number of rotatable bonds is 5. The second-order valence-electron chi connectivity index (χ2n) is 4.34. The summed E-state index contributed by atoms with van der Waals surface area (Å²) in [7, 11) is 0. The zero-order valence-corrected chi connectivity index (χ0v) is 9.06. The molecule has 0 aliphatic heterocycles. The summed E-state index contributed by atoms with van der Waals surface area (Å²) in [6.07, 6.45) is 6.14. The average molecular weight is 221 g/mol. The maximum Gasteiger partial charge on any atom is 0.337 e. The van der Waals surface area contributed by atoms with Crippen LogP contribution >= 0.6 is 0 Å². The molecule has 0 amide bonds. The van der Waals surface area contributed by atoms with Gasteiger partial charge in [-0.25, -0.2) is 4.79 Å². The Hall–Kier alpha value is -1.58. The molecule has 0 atom stereocenters. The Labute approximate surface area is 93.5 Å². The van der Waals surface area contributed by atoms with Crippen molar-refractivity contribution in [3.63, 3.8) is 0 Å². The molecule has 1 fully saturated rings. The minimum atomic E-state index is -0.990. The van der Waals surface area contributed by atoms with E-state index in [1.165, 1.54) is 35.7 Å². The first-order chi connectivity index (χ1) is 7.66. The largest absolute Gasteiger partial charge is 0.478 e. The van der Waals surface area contributed by atoms with Crippen molar-refractivity contribution in [1.82, 2.24) is 4.57 Å². The summed E-state index contributed by atoms with van der Waals surface area (Å²) in [5.41, 5.74) is 0.0480. The molecule has 0 unspecified atom stereocenters. The summed E-state index contributed by atoms with van der Waals surface area (Å²) in [6, 6.07) is 2.67. The summed E-state index contributed by atoms with van der Waals surface area (Å²) in [6.45, 7) is 0.621. The third kappa shape index (κ3) is 2.72. The number of carboxylic acid groups (broad SMARTS) is 1. The minimum Gasteiger partial charge on any atom is -0.478 e. The number of aromatic carboxylic acids is 1. The van der Waals surface area contributed by atoms with Crippen molar-refractivity contribution in [2.75, 3.05) is 0 Å². The van der Waals surface area contributed by atoms with Crippen LogP contribution in [-0.2, 0) is 6.54 Å². The molecule has 4 heteroatoms. The Balaban J connectivity index is 2.02. The third-order valence-corrected chi connectivity index (χ3v) is 2.94. The van der Waals surface area contributed by atoms with E-state index in [4.69, 9.17) is 5.11 Å². The Kier molecular flexibility index (Phi) is 3.08. The zero-order valence-electron chi connectivity index (χ0n) is 9.06. The van der Waals surface area contributed by atoms with Crippen molar-refractivity contribution in [3.05, 3.63) is 34.2 Å². The number of carbonyl (C=O) groups is 1. The molecule has 1 aliphatic carbocycles. The Bertz CT molecular complexity index is 446. The second-order valence-corrected chi connectivity index (χ2v) is 4.34. The van der Waals surface area contributed by atoms with Gasteiger partial charge in [0.15, 0.2) is 0 Å². The standard InChI is InChI=1S/C12H15NO3/c14-11-6-5-10(12(15)16)8-13(11)7-1-2-9-3-4-9/h5-6,8-9H,1-4,7H2,(H,15,16). The predicted octanol–water partition coefficient (Wildman–Crippen LogP) is 1.74. The molecule has 1 aliphatic rings. The molecule has 0 spiro atoms. The van der Waals surface area contributed by atoms with E-state index in [-0.39, 0.29) is 11.1 Å². The van der Waals surface area contributed by atoms with E-state index < -0.39 is 5.97 Å². The number of hydrogen-bond acceptors (Lipinski definition) is 2. The Morgan fingerprint density at radius 1 is 1.44 bits per heavy atom. The lowest BCUT2D eigenvalue weighted by Crippen LogP contribution is -2.20. The van der Waals surface area contributed by atoms with E-state index in [9.17, 15) is 9.59 Å². The summed E-state index contributed by atoms with van der Waals surface area (Å²) in [5, 5.41) is 8.81. The van der Waals surface area contributed by atoms with Crippen molar-refractivity contribution in [3.8, 4) is 0 Å². The van der Waals surface area contributed by atoms with Crippen LogP contribution in [0.25, 0.3) is 0 Å². The van der Waals surface area contributed by atoms with E-state index in [0.717, 1.165) is 18.8 Å². The molecule has 2 rings (SSSR count). The van der Waals surface area contributed by atoms with Crippen LogP contribution < -0.4 is 5.56 Å². The number of nitrogens with zero attached hydrogens (tertiary/aromatic N) is 1. The SMILES string of the molecule is O=C(O)c1ccc(=O)n(CCCC2CC2)c1. The van der Waals surface area contributed by atoms with Crippen molar-refractivity contribution < 1.29 is 9.90 Å². The summed E-state index contributed by atoms with van der Waals surface area (Å²) in [4.78, 5) is 22.2. The number of aromatic nitrogens is 1. The van der Waals surface area contributed by atoms with Crippen molar-refractivity contribution in [2.45, 2.75) is 32.2 Å². The van der Waals surface area contributed by atoms with Gasteiger partial charge in [0.2, 0.25) is 0 Å². The van der Waals surface area contributed by atoms with Crippen LogP contribution in [0.4, 0.5) is 0 Å². The molecule has 0 saturated heterocycles. The Morgan fingerprint density at radius 3 is 2.81 bits per heavy atom. The van der Waals surface area contributed by atoms with Gasteiger partial charge < -0.3 is 9.67 Å². The maximum atomic E-state index is 11.5. The molecule has 16 heavy (non-hydrogen) atoms. The normalized spacial score (nSPS) is 15.0. The molecular weight excluding hydrogens is 206 g/mol. The van der Waals surface area contributed by atoms with Gasteiger partial charge in [-0.2, -0.15) is 0 Å². The molecule has 0 radical (unpaired) electrons. The quantitative estimate of drug-likeness (QED) is 0.823. The minimum absolute atomic E-state index is 0.124. The highest BCUT2D eigenvalue weighted by atomic mass is 16.4. The first kappa shape index (κ1) is 10.9. The van der Waals surface area contributed by atoms with Gasteiger partial charge in [-0.05, 0) is 24.8 Å². The molecule has 0 bridgehead atoms. The van der Waals surface area contributed by atoms with Crippen molar-refractivity contribution in [1.29, 1.82) is 0 Å². The second kappa shape index (κ2) is 4.51. The molecule has 1 heterocycles. The molecule has 1 saturated carbocycles. The summed E-state index contributed by atoms with van der Waals surface area (Å²) in [5.74, 6) is -0.144. The number of hydrogen-bond donors (Lipinski definition) is 1. The highest BCUT2D eigenvalue weighted by Gasteiger charge is 2.20. The molecule has 1 N–H and O–H groups in total. The van der Waals surface area contributed by atoms with E-state index in [1.54, 1.807) is 0 Å². The zero-order chi connectivity index (χ0) is 11.5. The van der Waals surface area contributed by atoms with Crippen molar-refractivity contribution in [2.24, 2.45) is 5.92 Å². The number of aryl methyl sites for hydroxylation is 1. The van der Waals surface area contributed by atoms with Crippen LogP contribution in [0, 0.1) is 5.92 Å². The lowest BCUT2D eigenvalue weighted by molar-refractivity contribution is 0.0696. The predicted molar refractivity (Wildman–Crippen MR) is 59.6 cm³/mol. The van der Waals surface area contributed by atoms with Gasteiger partial charge in [-0.1, -0.05) is 12.8 Å². The summed E-state index contributed by atoms with van der Waals surface area (Å²) >= 11 is 0. The average Bonchev–Trinajstić information content (AvgIpc) is 3.04. The van der Waals surface area contributed by atoms with Gasteiger partial charge in [-0.3, -0.25) is 4.79 Å². The monoisotopic (exact) mass is 221 g/mol. The fraction of sp³-hybridized carbons (Fsp3) is 0.500. The van der Waals surface area contributed by atoms with Gasteiger partial charge in [-0.15, -0.1) is 0 Å². The highest BCUT2D eigenvalue weighted by Crippen LogP contribution is 2.33. The lowest BCUT2D eigenvalue weighted by atomic mass is 10.2. The molecule has 86 valence electrons. The summed E-state index contributed by atoms with van der Waals surface area (Å²) < 4.78 is 1.49. The van der Waals surface area contributed by atoms with Gasteiger partial charge >= 0.3 is 5.97 Å². The van der Waals surface area contributed by atoms with Crippen LogP contribution in [0.15, 0.2) is 23.1 Å². The van der Waals surface area contributed by atoms with Crippen molar-refractivity contribution >= 4 is 5.97 Å². The van der Waals surface area contributed by atoms with Crippen LogP contribution in [0.3, 0.4) is 0 Å². The topological polar surface area (TPSA) is 59.3 Å². The van der Waals surface area contributed by atoms with Gasteiger partial charge in [0.1, 0.15) is 0 Å². The smallest absolute Gasteiger partial charge is 0.337 e. The van der Waals surface area contributed by atoms with E-state index in [1.807, 2.05) is 0 Å². The number of carboxylic acids is 1. The first-order valence-electron chi connectivity index (χ1n) is 5.60. The molecule has 0 aromatic carbocycles. The van der Waals surface area contributed by atoms with Crippen LogP contribution in [0.1, 0.15) is 36.0 Å². The van der Waals surface area contributed by atoms with Crippen LogP contribution in [0.2, 0.25) is 0 Å². The molecule has 1 aromatic heterocycles. The number of pyridine rings is 1. The third-order valence-electron chi connectivity index (χ3n) is 2.94. The molecule has 1 aromatic rings. The fourth-order valence-corrected chi connectivity index (χ4v) is 1.79. The fourth-order valence-electron chi connectivity index (χ4n) is 1.79. The first-order valence-corrected chi connectivity index (χ1v) is 5.60. The molecular formula is C12H15NO3. The lowest BCUT2D eigenvalue weighted by Gasteiger charge is -2.05. The maximum absolute atomic E-state index is 11.5. The van der Waals surface area contributed by atoms with E-state index in [2.05, 4.69) is 0 Å². The van der Waals surface area contributed by atoms with E-state index in [0.29, 0.717) is 6.54 Å². The van der Waals surface area contributed by atoms with Crippen LogP contribution in [0.5, 0.6) is 0 Å². The van der Waals surface area contributed by atoms with Gasteiger partial charge in [0, 0.05) is 18.8 Å². The Morgan fingerprint density at radius 2 is 2.19 bits per heavy atom. The van der Waals surface area contributed by atoms with Gasteiger partial charge in [0.25, 0.3) is 5.56 Å².